The number of hydrogen-bond donors (Lipinski definition) is 3. The van der Waals surface area contributed by atoms with Gasteiger partial charge in [0.2, 0.25) is 10.0 Å². The van der Waals surface area contributed by atoms with Crippen molar-refractivity contribution in [2.75, 3.05) is 0 Å². The highest BCUT2D eigenvalue weighted by molar-refractivity contribution is 7.89. The topological polar surface area (TPSA) is 122 Å². The van der Waals surface area contributed by atoms with Gasteiger partial charge < -0.3 is 5.11 Å². The summed E-state index contributed by atoms with van der Waals surface area (Å²) in [6.45, 7) is 1.66. The van der Waals surface area contributed by atoms with E-state index < -0.39 is 15.9 Å². The maximum Gasteiger partial charge on any atom is 0.275 e. The molecule has 3 rings (SSSR count). The summed E-state index contributed by atoms with van der Waals surface area (Å²) in [5.74, 6) is -0.699. The minimum atomic E-state index is -3.77. The van der Waals surface area contributed by atoms with Gasteiger partial charge in [0, 0.05) is 0 Å². The van der Waals surface area contributed by atoms with Gasteiger partial charge >= 0.3 is 0 Å². The number of amides is 1. The van der Waals surface area contributed by atoms with Crippen LogP contribution in [0.15, 0.2) is 70.7 Å². The number of rotatable bonds is 4. The molecule has 0 atom stereocenters. The van der Waals surface area contributed by atoms with Crippen molar-refractivity contribution >= 4 is 32.4 Å². The maximum atomic E-state index is 12.4. The number of fused-ring (bicyclic) bond motifs is 1. The molecule has 1 amide bonds. The second kappa shape index (κ2) is 7.18. The number of hydrogen-bond acceptors (Lipinski definition) is 5. The van der Waals surface area contributed by atoms with E-state index in [0.29, 0.717) is 11.3 Å². The lowest BCUT2D eigenvalue weighted by Crippen LogP contribution is -2.19. The molecule has 0 aliphatic heterocycles. The van der Waals surface area contributed by atoms with Crippen LogP contribution in [0.1, 0.15) is 22.8 Å². The largest absolute Gasteiger partial charge is 0.507 e. The maximum absolute atomic E-state index is 12.4. The van der Waals surface area contributed by atoms with Crippen LogP contribution in [0, 0.1) is 0 Å². The van der Waals surface area contributed by atoms with E-state index in [2.05, 4.69) is 10.5 Å². The van der Waals surface area contributed by atoms with Crippen molar-refractivity contribution in [3.63, 3.8) is 0 Å². The van der Waals surface area contributed by atoms with Gasteiger partial charge in [-0.25, -0.2) is 19.0 Å². The van der Waals surface area contributed by atoms with Crippen LogP contribution in [0.2, 0.25) is 0 Å². The van der Waals surface area contributed by atoms with E-state index in [9.17, 15) is 18.3 Å². The molecule has 0 saturated carbocycles. The van der Waals surface area contributed by atoms with Gasteiger partial charge in [-0.3, -0.25) is 4.79 Å². The van der Waals surface area contributed by atoms with Crippen molar-refractivity contribution in [2.24, 2.45) is 10.2 Å². The van der Waals surface area contributed by atoms with E-state index in [4.69, 9.17) is 5.14 Å². The van der Waals surface area contributed by atoms with Crippen LogP contribution in [-0.2, 0) is 10.0 Å². The van der Waals surface area contributed by atoms with Crippen LogP contribution in [0.3, 0.4) is 0 Å². The summed E-state index contributed by atoms with van der Waals surface area (Å²) >= 11 is 0. The molecule has 3 aromatic rings. The summed E-state index contributed by atoms with van der Waals surface area (Å²) in [5, 5.41) is 20.8. The van der Waals surface area contributed by atoms with Crippen LogP contribution < -0.4 is 10.6 Å². The SMILES string of the molecule is C/C(=N\NC(=O)c1cc2ccccc2cc1O)c1ccc(S(N)(=O)=O)cc1. The third-order valence-corrected chi connectivity index (χ3v) is 4.96. The van der Waals surface area contributed by atoms with Gasteiger partial charge in [-0.2, -0.15) is 5.10 Å². The summed E-state index contributed by atoms with van der Waals surface area (Å²) in [4.78, 5) is 12.3. The van der Waals surface area contributed by atoms with E-state index in [-0.39, 0.29) is 16.2 Å². The van der Waals surface area contributed by atoms with Gasteiger partial charge in [0.05, 0.1) is 16.2 Å². The fourth-order valence-electron chi connectivity index (χ4n) is 2.56. The van der Waals surface area contributed by atoms with Crippen LogP contribution in [0.5, 0.6) is 5.75 Å². The predicted molar refractivity (Wildman–Crippen MR) is 103 cm³/mol. The molecule has 0 saturated heterocycles. The molecule has 4 N–H and O–H groups in total. The fourth-order valence-corrected chi connectivity index (χ4v) is 3.07. The molecule has 138 valence electrons. The molecular formula is C19H17N3O4S. The van der Waals surface area contributed by atoms with Crippen molar-refractivity contribution in [1.82, 2.24) is 5.43 Å². The quantitative estimate of drug-likeness (QED) is 0.473. The Balaban J connectivity index is 1.81. The van der Waals surface area contributed by atoms with Gasteiger partial charge in [-0.05, 0) is 47.5 Å². The van der Waals surface area contributed by atoms with Gasteiger partial charge in [-0.15, -0.1) is 0 Å². The molecule has 27 heavy (non-hydrogen) atoms. The summed E-state index contributed by atoms with van der Waals surface area (Å²) < 4.78 is 22.6. The zero-order valence-corrected chi connectivity index (χ0v) is 15.2. The number of primary sulfonamides is 1. The van der Waals surface area contributed by atoms with Gasteiger partial charge in [0.25, 0.3) is 5.91 Å². The van der Waals surface area contributed by atoms with E-state index in [1.165, 1.54) is 30.3 Å². The summed E-state index contributed by atoms with van der Waals surface area (Å²) in [6.07, 6.45) is 0. The average Bonchev–Trinajstić information content (AvgIpc) is 2.64. The lowest BCUT2D eigenvalue weighted by Gasteiger charge is -2.07. The molecule has 0 aliphatic rings. The number of nitrogens with two attached hydrogens (primary N) is 1. The van der Waals surface area contributed by atoms with Gasteiger partial charge in [0.15, 0.2) is 0 Å². The zero-order chi connectivity index (χ0) is 19.6. The molecule has 0 bridgehead atoms. The van der Waals surface area contributed by atoms with Crippen molar-refractivity contribution in [3.05, 3.63) is 71.8 Å². The number of nitrogens with one attached hydrogen (secondary N) is 1. The Morgan fingerprint density at radius 3 is 2.22 bits per heavy atom. The van der Waals surface area contributed by atoms with Gasteiger partial charge in [0.1, 0.15) is 5.75 Å². The second-order valence-corrected chi connectivity index (χ2v) is 7.49. The number of carbonyl (C=O) groups is 1. The molecule has 0 heterocycles. The van der Waals surface area contributed by atoms with Crippen molar-refractivity contribution in [1.29, 1.82) is 0 Å². The van der Waals surface area contributed by atoms with E-state index in [1.807, 2.05) is 24.3 Å². The minimum Gasteiger partial charge on any atom is -0.507 e. The lowest BCUT2D eigenvalue weighted by molar-refractivity contribution is 0.0952. The van der Waals surface area contributed by atoms with Crippen molar-refractivity contribution in [2.45, 2.75) is 11.8 Å². The van der Waals surface area contributed by atoms with Crippen LogP contribution in [0.4, 0.5) is 0 Å². The Morgan fingerprint density at radius 1 is 1.04 bits per heavy atom. The Labute approximate surface area is 156 Å². The standard InChI is InChI=1S/C19H17N3O4S/c1-12(13-6-8-16(9-7-13)27(20,25)26)21-22-19(24)17-10-14-4-2-3-5-15(14)11-18(17)23/h2-11,23H,1H3,(H,22,24)(H2,20,25,26)/b21-12+. The van der Waals surface area contributed by atoms with Crippen LogP contribution in [-0.4, -0.2) is 25.1 Å². The highest BCUT2D eigenvalue weighted by atomic mass is 32.2. The van der Waals surface area contributed by atoms with E-state index in [0.717, 1.165) is 10.8 Å². The number of phenols is 1. The normalized spacial score (nSPS) is 12.1. The number of aromatic hydroxyl groups is 1. The minimum absolute atomic E-state index is 0.0100. The highest BCUT2D eigenvalue weighted by Crippen LogP contribution is 2.24. The number of benzene rings is 3. The summed E-state index contributed by atoms with van der Waals surface area (Å²) in [7, 11) is -3.77. The number of sulfonamides is 1. The van der Waals surface area contributed by atoms with E-state index >= 15 is 0 Å². The smallest absolute Gasteiger partial charge is 0.275 e. The van der Waals surface area contributed by atoms with Crippen molar-refractivity contribution in [3.8, 4) is 5.75 Å². The molecule has 0 fully saturated rings. The number of nitrogens with zero attached hydrogens (tertiary/aromatic N) is 1. The fraction of sp³-hybridized carbons (Fsp3) is 0.0526. The summed E-state index contributed by atoms with van der Waals surface area (Å²) in [5.41, 5.74) is 3.58. The first-order valence-corrected chi connectivity index (χ1v) is 9.50. The second-order valence-electron chi connectivity index (χ2n) is 5.92. The molecule has 0 aliphatic carbocycles. The number of phenolic OH excluding ortho intramolecular Hbond substituents is 1. The van der Waals surface area contributed by atoms with Crippen LogP contribution >= 0.6 is 0 Å². The van der Waals surface area contributed by atoms with E-state index in [1.54, 1.807) is 13.0 Å². The number of carbonyl (C=O) groups excluding carboxylic acids is 1. The molecule has 3 aromatic carbocycles. The highest BCUT2D eigenvalue weighted by Gasteiger charge is 2.12. The first-order chi connectivity index (χ1) is 12.8. The number of hydrazone groups is 1. The first kappa shape index (κ1) is 18.6. The molecular weight excluding hydrogens is 366 g/mol. The Kier molecular flexibility index (Phi) is 4.93. The Hall–Kier alpha value is -3.23. The first-order valence-electron chi connectivity index (χ1n) is 7.95. The summed E-state index contributed by atoms with van der Waals surface area (Å²) in [6, 6.07) is 16.3. The molecule has 0 aromatic heterocycles. The third kappa shape index (κ3) is 4.13. The van der Waals surface area contributed by atoms with Crippen LogP contribution in [0.25, 0.3) is 10.8 Å². The molecule has 0 spiro atoms. The Bertz CT molecular complexity index is 1150. The average molecular weight is 383 g/mol. The lowest BCUT2D eigenvalue weighted by atomic mass is 10.1. The Morgan fingerprint density at radius 2 is 1.63 bits per heavy atom. The molecule has 7 nitrogen and oxygen atoms in total. The third-order valence-electron chi connectivity index (χ3n) is 4.03. The van der Waals surface area contributed by atoms with Gasteiger partial charge in [-0.1, -0.05) is 36.4 Å². The monoisotopic (exact) mass is 383 g/mol. The molecule has 0 unspecified atom stereocenters. The molecule has 0 radical (unpaired) electrons. The molecule has 8 heteroatoms. The predicted octanol–water partition coefficient (Wildman–Crippen LogP) is 2.35. The van der Waals surface area contributed by atoms with Crippen molar-refractivity contribution < 1.29 is 18.3 Å². The zero-order valence-electron chi connectivity index (χ0n) is 14.4.